The Labute approximate surface area is 165 Å². The predicted octanol–water partition coefficient (Wildman–Crippen LogP) is 5.26. The van der Waals surface area contributed by atoms with Crippen LogP contribution in [-0.4, -0.2) is 22.8 Å². The summed E-state index contributed by atoms with van der Waals surface area (Å²) in [6, 6.07) is 15.4. The molecule has 4 aromatic rings. The quantitative estimate of drug-likeness (QED) is 0.326. The lowest BCUT2D eigenvalue weighted by molar-refractivity contribution is 0.0491. The highest BCUT2D eigenvalue weighted by Crippen LogP contribution is 2.33. The monoisotopic (exact) mass is 394 g/mol. The molecule has 28 heavy (non-hydrogen) atoms. The van der Waals surface area contributed by atoms with E-state index < -0.39 is 5.97 Å². The highest BCUT2D eigenvalue weighted by molar-refractivity contribution is 7.98. The Kier molecular flexibility index (Phi) is 5.16. The van der Waals surface area contributed by atoms with E-state index >= 15 is 0 Å². The molecule has 0 saturated heterocycles. The number of nitrogens with zero attached hydrogens (tertiary/aromatic N) is 2. The van der Waals surface area contributed by atoms with Crippen LogP contribution in [0.25, 0.3) is 22.4 Å². The topological polar surface area (TPSA) is 78.4 Å². The highest BCUT2D eigenvalue weighted by atomic mass is 32.2. The van der Waals surface area contributed by atoms with Gasteiger partial charge < -0.3 is 13.6 Å². The number of hydrogen-bond donors (Lipinski definition) is 0. The second-order valence-corrected chi connectivity index (χ2v) is 7.08. The maximum absolute atomic E-state index is 12.3. The zero-order valence-electron chi connectivity index (χ0n) is 15.5. The number of ether oxygens (including phenoxy) is 1. The van der Waals surface area contributed by atoms with E-state index in [0.717, 1.165) is 22.1 Å². The van der Waals surface area contributed by atoms with Crippen molar-refractivity contribution in [3.05, 3.63) is 65.4 Å². The molecule has 0 spiro atoms. The van der Waals surface area contributed by atoms with E-state index in [1.807, 2.05) is 55.5 Å². The summed E-state index contributed by atoms with van der Waals surface area (Å²) in [5.41, 5.74) is 3.40. The van der Waals surface area contributed by atoms with E-state index in [2.05, 4.69) is 10.2 Å². The Bertz CT molecular complexity index is 1130. The molecule has 7 heteroatoms. The number of esters is 1. The van der Waals surface area contributed by atoms with E-state index in [-0.39, 0.29) is 12.4 Å². The molecule has 0 unspecified atom stereocenters. The number of aryl methyl sites for hydroxylation is 1. The summed E-state index contributed by atoms with van der Waals surface area (Å²) in [4.78, 5) is 12.3. The Morgan fingerprint density at radius 3 is 2.79 bits per heavy atom. The largest absolute Gasteiger partial charge is 0.460 e. The van der Waals surface area contributed by atoms with Crippen LogP contribution in [0, 0.1) is 6.92 Å². The Morgan fingerprint density at radius 2 is 1.96 bits per heavy atom. The fraction of sp³-hybridized carbons (Fsp3) is 0.190. The van der Waals surface area contributed by atoms with Gasteiger partial charge in [-0.25, -0.2) is 4.79 Å². The first-order valence-electron chi connectivity index (χ1n) is 8.86. The summed E-state index contributed by atoms with van der Waals surface area (Å²) in [6.45, 7) is 4.06. The van der Waals surface area contributed by atoms with Crippen molar-refractivity contribution in [3.8, 4) is 11.5 Å². The number of furan rings is 1. The van der Waals surface area contributed by atoms with Crippen molar-refractivity contribution < 1.29 is 18.4 Å². The first-order chi connectivity index (χ1) is 13.7. The summed E-state index contributed by atoms with van der Waals surface area (Å²) in [5.74, 6) is 0.656. The number of fused-ring (bicyclic) bond motifs is 1. The van der Waals surface area contributed by atoms with Gasteiger partial charge in [-0.15, -0.1) is 10.2 Å². The molecule has 0 fully saturated rings. The maximum Gasteiger partial charge on any atom is 0.374 e. The molecule has 0 aliphatic rings. The van der Waals surface area contributed by atoms with Gasteiger partial charge in [-0.1, -0.05) is 47.7 Å². The molecule has 0 bridgehead atoms. The van der Waals surface area contributed by atoms with Crippen molar-refractivity contribution >= 4 is 28.7 Å². The lowest BCUT2D eigenvalue weighted by atomic mass is 10.1. The van der Waals surface area contributed by atoms with Crippen molar-refractivity contribution in [1.29, 1.82) is 0 Å². The fourth-order valence-corrected chi connectivity index (χ4v) is 3.69. The molecule has 0 radical (unpaired) electrons. The maximum atomic E-state index is 12.3. The van der Waals surface area contributed by atoms with Crippen molar-refractivity contribution in [3.63, 3.8) is 0 Å². The summed E-state index contributed by atoms with van der Waals surface area (Å²) >= 11 is 1.35. The number of benzene rings is 2. The van der Waals surface area contributed by atoms with Crippen molar-refractivity contribution in [1.82, 2.24) is 10.2 Å². The number of para-hydroxylation sites is 1. The molecular formula is C21H18N2O4S. The van der Waals surface area contributed by atoms with Crippen LogP contribution in [-0.2, 0) is 10.5 Å². The number of thioether (sulfide) groups is 1. The molecule has 0 saturated carbocycles. The molecule has 2 aromatic heterocycles. The summed E-state index contributed by atoms with van der Waals surface area (Å²) < 4.78 is 16.6. The Morgan fingerprint density at radius 1 is 1.11 bits per heavy atom. The van der Waals surface area contributed by atoms with Crippen LogP contribution in [0.5, 0.6) is 0 Å². The molecule has 2 heterocycles. The summed E-state index contributed by atoms with van der Waals surface area (Å²) in [5, 5.41) is 9.54. The molecule has 2 aromatic carbocycles. The van der Waals surface area contributed by atoms with Gasteiger partial charge in [-0.2, -0.15) is 0 Å². The van der Waals surface area contributed by atoms with Gasteiger partial charge in [0.1, 0.15) is 5.58 Å². The average molecular weight is 394 g/mol. The molecule has 0 aliphatic carbocycles. The van der Waals surface area contributed by atoms with Gasteiger partial charge >= 0.3 is 5.97 Å². The Hall–Kier alpha value is -3.06. The van der Waals surface area contributed by atoms with Gasteiger partial charge in [0.2, 0.25) is 11.7 Å². The van der Waals surface area contributed by atoms with E-state index in [0.29, 0.717) is 22.4 Å². The van der Waals surface area contributed by atoms with Crippen LogP contribution in [0.2, 0.25) is 0 Å². The van der Waals surface area contributed by atoms with Crippen molar-refractivity contribution in [2.24, 2.45) is 0 Å². The van der Waals surface area contributed by atoms with Crippen LogP contribution in [0.15, 0.2) is 62.6 Å². The SMILES string of the molecule is CCOC(=O)c1oc2ccccc2c1CSc1nnc(-c2cccc(C)c2)o1. The van der Waals surface area contributed by atoms with Gasteiger partial charge in [-0.05, 0) is 32.0 Å². The average Bonchev–Trinajstić information content (AvgIpc) is 3.31. The van der Waals surface area contributed by atoms with Gasteiger partial charge in [0.15, 0.2) is 0 Å². The molecule has 6 nitrogen and oxygen atoms in total. The first kappa shape index (κ1) is 18.3. The normalized spacial score (nSPS) is 11.1. The molecule has 0 aliphatic heterocycles. The lowest BCUT2D eigenvalue weighted by Crippen LogP contribution is -2.05. The minimum absolute atomic E-state index is 0.217. The highest BCUT2D eigenvalue weighted by Gasteiger charge is 2.22. The number of aromatic nitrogens is 2. The van der Waals surface area contributed by atoms with Crippen LogP contribution < -0.4 is 0 Å². The van der Waals surface area contributed by atoms with E-state index in [1.54, 1.807) is 6.92 Å². The summed E-state index contributed by atoms with van der Waals surface area (Å²) in [6.07, 6.45) is 0. The van der Waals surface area contributed by atoms with Gasteiger partial charge in [-0.3, -0.25) is 0 Å². The number of carbonyl (C=O) groups is 1. The Balaban J connectivity index is 1.59. The minimum Gasteiger partial charge on any atom is -0.460 e. The van der Waals surface area contributed by atoms with Crippen LogP contribution in [0.3, 0.4) is 0 Å². The van der Waals surface area contributed by atoms with E-state index in [4.69, 9.17) is 13.6 Å². The second kappa shape index (κ2) is 7.90. The van der Waals surface area contributed by atoms with Gasteiger partial charge in [0.05, 0.1) is 6.61 Å². The molecule has 0 N–H and O–H groups in total. The fourth-order valence-electron chi connectivity index (χ4n) is 2.90. The third-order valence-electron chi connectivity index (χ3n) is 4.17. The van der Waals surface area contributed by atoms with Crippen LogP contribution in [0.4, 0.5) is 0 Å². The van der Waals surface area contributed by atoms with Gasteiger partial charge in [0.25, 0.3) is 5.22 Å². The van der Waals surface area contributed by atoms with Crippen molar-refractivity contribution in [2.45, 2.75) is 24.8 Å². The lowest BCUT2D eigenvalue weighted by Gasteiger charge is -2.01. The van der Waals surface area contributed by atoms with E-state index in [9.17, 15) is 4.79 Å². The molecule has 0 atom stereocenters. The molecular weight excluding hydrogens is 376 g/mol. The molecule has 0 amide bonds. The van der Waals surface area contributed by atoms with Gasteiger partial charge in [0, 0.05) is 22.3 Å². The number of carbonyl (C=O) groups excluding carboxylic acids is 1. The molecule has 4 rings (SSSR count). The zero-order chi connectivity index (χ0) is 19.5. The second-order valence-electron chi connectivity index (χ2n) is 6.16. The van der Waals surface area contributed by atoms with Crippen molar-refractivity contribution in [2.75, 3.05) is 6.61 Å². The third kappa shape index (κ3) is 3.66. The molecule has 142 valence electrons. The predicted molar refractivity (Wildman–Crippen MR) is 106 cm³/mol. The van der Waals surface area contributed by atoms with Crippen LogP contribution >= 0.6 is 11.8 Å². The third-order valence-corrected chi connectivity index (χ3v) is 5.02. The smallest absolute Gasteiger partial charge is 0.374 e. The standard InChI is InChI=1S/C21H18N2O4S/c1-3-25-20(24)18-16(15-9-4-5-10-17(15)26-18)12-28-21-23-22-19(27-21)14-8-6-7-13(2)11-14/h4-11H,3,12H2,1-2H3. The van der Waals surface area contributed by atoms with Crippen LogP contribution in [0.1, 0.15) is 28.6 Å². The first-order valence-corrected chi connectivity index (χ1v) is 9.85. The zero-order valence-corrected chi connectivity index (χ0v) is 16.3. The number of rotatable bonds is 6. The summed E-state index contributed by atoms with van der Waals surface area (Å²) in [7, 11) is 0. The minimum atomic E-state index is -0.472. The van der Waals surface area contributed by atoms with E-state index in [1.165, 1.54) is 11.8 Å². The number of hydrogen-bond acceptors (Lipinski definition) is 7.